The van der Waals surface area contributed by atoms with E-state index in [4.69, 9.17) is 21.7 Å². The van der Waals surface area contributed by atoms with Gasteiger partial charge in [0.1, 0.15) is 0 Å². The molecule has 0 aromatic heterocycles. The topological polar surface area (TPSA) is 93.7 Å². The van der Waals surface area contributed by atoms with Gasteiger partial charge in [0.25, 0.3) is 0 Å². The van der Waals surface area contributed by atoms with Crippen molar-refractivity contribution in [1.82, 2.24) is 0 Å². The molecular weight excluding hydrogens is 392 g/mol. The highest BCUT2D eigenvalue weighted by atomic mass is 32.1. The van der Waals surface area contributed by atoms with Crippen LogP contribution in [0.2, 0.25) is 0 Å². The minimum Gasteiger partial charge on any atom is -0.462 e. The van der Waals surface area contributed by atoms with Crippen molar-refractivity contribution in [1.29, 1.82) is 0 Å². The molecule has 2 aromatic carbocycles. The van der Waals surface area contributed by atoms with Crippen LogP contribution in [0.1, 0.15) is 51.8 Å². The number of carbonyl (C=O) groups is 3. The molecule has 0 aliphatic carbocycles. The smallest absolute Gasteiger partial charge is 0.340 e. The molecule has 0 saturated carbocycles. The maximum absolute atomic E-state index is 12.3. The van der Waals surface area contributed by atoms with E-state index in [0.717, 1.165) is 0 Å². The maximum atomic E-state index is 12.3. The van der Waals surface area contributed by atoms with Crippen LogP contribution in [-0.4, -0.2) is 36.0 Å². The van der Waals surface area contributed by atoms with Crippen molar-refractivity contribution in [2.24, 2.45) is 0 Å². The molecule has 0 spiro atoms. The Labute approximate surface area is 174 Å². The first kappa shape index (κ1) is 22.0. The maximum Gasteiger partial charge on any atom is 0.340 e. The molecule has 0 heterocycles. The van der Waals surface area contributed by atoms with Crippen molar-refractivity contribution >= 4 is 46.4 Å². The third-order valence-corrected chi connectivity index (χ3v) is 4.01. The fourth-order valence-electron chi connectivity index (χ4n) is 2.48. The van der Waals surface area contributed by atoms with Gasteiger partial charge in [0.2, 0.25) is 0 Å². The van der Waals surface area contributed by atoms with Gasteiger partial charge in [-0.2, -0.15) is 0 Å². The predicted molar refractivity (Wildman–Crippen MR) is 115 cm³/mol. The summed E-state index contributed by atoms with van der Waals surface area (Å²) in [7, 11) is 0. The second-order valence-electron chi connectivity index (χ2n) is 5.92. The zero-order chi connectivity index (χ0) is 21.4. The van der Waals surface area contributed by atoms with Gasteiger partial charge in [0.05, 0.1) is 30.0 Å². The highest BCUT2D eigenvalue weighted by Gasteiger charge is 2.17. The van der Waals surface area contributed by atoms with E-state index < -0.39 is 11.9 Å². The molecule has 2 rings (SSSR count). The van der Waals surface area contributed by atoms with Crippen molar-refractivity contribution in [3.8, 4) is 0 Å². The lowest BCUT2D eigenvalue weighted by atomic mass is 10.1. The SMILES string of the molecule is CCOC(=O)c1ccc(C(=O)OCC)c(NC(=S)Nc2cccc(C(C)=O)c2)c1. The van der Waals surface area contributed by atoms with Gasteiger partial charge >= 0.3 is 11.9 Å². The summed E-state index contributed by atoms with van der Waals surface area (Å²) < 4.78 is 10.1. The molecule has 0 aliphatic heterocycles. The fraction of sp³-hybridized carbons (Fsp3) is 0.238. The number of benzene rings is 2. The molecule has 0 aliphatic rings. The van der Waals surface area contributed by atoms with Gasteiger partial charge < -0.3 is 20.1 Å². The summed E-state index contributed by atoms with van der Waals surface area (Å²) in [4.78, 5) is 35.8. The lowest BCUT2D eigenvalue weighted by Crippen LogP contribution is -2.22. The molecule has 152 valence electrons. The van der Waals surface area contributed by atoms with Crippen LogP contribution < -0.4 is 10.6 Å². The molecule has 0 amide bonds. The number of nitrogens with one attached hydrogen (secondary N) is 2. The van der Waals surface area contributed by atoms with Crippen LogP contribution >= 0.6 is 12.2 Å². The number of hydrogen-bond acceptors (Lipinski definition) is 6. The lowest BCUT2D eigenvalue weighted by Gasteiger charge is -2.15. The van der Waals surface area contributed by atoms with Crippen LogP contribution in [0.25, 0.3) is 0 Å². The van der Waals surface area contributed by atoms with E-state index in [9.17, 15) is 14.4 Å². The Morgan fingerprint density at radius 2 is 1.59 bits per heavy atom. The normalized spacial score (nSPS) is 10.0. The minimum atomic E-state index is -0.549. The lowest BCUT2D eigenvalue weighted by molar-refractivity contribution is 0.0512. The van der Waals surface area contributed by atoms with E-state index in [-0.39, 0.29) is 35.2 Å². The van der Waals surface area contributed by atoms with Gasteiger partial charge in [-0.3, -0.25) is 4.79 Å². The Hall–Kier alpha value is -3.26. The third kappa shape index (κ3) is 6.11. The quantitative estimate of drug-likeness (QED) is 0.398. The monoisotopic (exact) mass is 414 g/mol. The molecule has 2 aromatic rings. The number of thiocarbonyl (C=S) groups is 1. The Balaban J connectivity index is 2.27. The average Bonchev–Trinajstić information content (AvgIpc) is 2.68. The van der Waals surface area contributed by atoms with Gasteiger partial charge in [-0.1, -0.05) is 12.1 Å². The number of rotatable bonds is 7. The van der Waals surface area contributed by atoms with E-state index >= 15 is 0 Å². The van der Waals surface area contributed by atoms with Crippen LogP contribution in [0, 0.1) is 0 Å². The Morgan fingerprint density at radius 3 is 2.24 bits per heavy atom. The molecule has 0 unspecified atom stereocenters. The van der Waals surface area contributed by atoms with E-state index in [1.165, 1.54) is 25.1 Å². The molecular formula is C21H22N2O5S. The number of anilines is 2. The summed E-state index contributed by atoms with van der Waals surface area (Å²) in [5, 5.41) is 6.05. The fourth-order valence-corrected chi connectivity index (χ4v) is 2.70. The van der Waals surface area contributed by atoms with E-state index in [2.05, 4.69) is 10.6 Å². The van der Waals surface area contributed by atoms with Crippen LogP contribution in [0.15, 0.2) is 42.5 Å². The average molecular weight is 414 g/mol. The Bertz CT molecular complexity index is 942. The van der Waals surface area contributed by atoms with Crippen molar-refractivity contribution in [3.05, 3.63) is 59.2 Å². The predicted octanol–water partition coefficient (Wildman–Crippen LogP) is 4.05. The summed E-state index contributed by atoms with van der Waals surface area (Å²) in [6.45, 7) is 5.32. The molecule has 8 heteroatoms. The van der Waals surface area contributed by atoms with E-state index in [1.807, 2.05) is 0 Å². The second kappa shape index (κ2) is 10.3. The number of Topliss-reactive ketones (excluding diaryl/α,β-unsaturated/α-hetero) is 1. The third-order valence-electron chi connectivity index (χ3n) is 3.80. The van der Waals surface area contributed by atoms with Crippen molar-refractivity contribution in [2.45, 2.75) is 20.8 Å². The summed E-state index contributed by atoms with van der Waals surface area (Å²) in [6.07, 6.45) is 0. The molecule has 0 atom stereocenters. The molecule has 2 N–H and O–H groups in total. The summed E-state index contributed by atoms with van der Waals surface area (Å²) in [5.41, 5.74) is 1.93. The first-order valence-corrected chi connectivity index (χ1v) is 9.43. The van der Waals surface area contributed by atoms with Gasteiger partial charge in [0, 0.05) is 11.3 Å². The number of esters is 2. The summed E-state index contributed by atoms with van der Waals surface area (Å²) in [6, 6.07) is 11.3. The van der Waals surface area contributed by atoms with E-state index in [0.29, 0.717) is 16.9 Å². The van der Waals surface area contributed by atoms with Crippen molar-refractivity contribution in [2.75, 3.05) is 23.8 Å². The zero-order valence-electron chi connectivity index (χ0n) is 16.4. The Kier molecular flexibility index (Phi) is 7.85. The highest BCUT2D eigenvalue weighted by Crippen LogP contribution is 2.21. The largest absolute Gasteiger partial charge is 0.462 e. The number of carbonyl (C=O) groups excluding carboxylic acids is 3. The molecule has 0 fully saturated rings. The van der Waals surface area contributed by atoms with Gasteiger partial charge in [-0.05, 0) is 63.3 Å². The van der Waals surface area contributed by atoms with Gasteiger partial charge in [-0.15, -0.1) is 0 Å². The Morgan fingerprint density at radius 1 is 0.897 bits per heavy atom. The van der Waals surface area contributed by atoms with Gasteiger partial charge in [-0.25, -0.2) is 9.59 Å². The van der Waals surface area contributed by atoms with Crippen LogP contribution in [0.5, 0.6) is 0 Å². The summed E-state index contributed by atoms with van der Waals surface area (Å²) in [5.74, 6) is -1.13. The molecule has 0 bridgehead atoms. The summed E-state index contributed by atoms with van der Waals surface area (Å²) >= 11 is 5.32. The minimum absolute atomic E-state index is 0.0701. The second-order valence-corrected chi connectivity index (χ2v) is 6.33. The van der Waals surface area contributed by atoms with Crippen LogP contribution in [-0.2, 0) is 9.47 Å². The highest BCUT2D eigenvalue weighted by molar-refractivity contribution is 7.80. The molecule has 0 radical (unpaired) electrons. The first-order valence-electron chi connectivity index (χ1n) is 9.03. The molecule has 29 heavy (non-hydrogen) atoms. The molecule has 0 saturated heterocycles. The van der Waals surface area contributed by atoms with E-state index in [1.54, 1.807) is 38.1 Å². The van der Waals surface area contributed by atoms with Crippen molar-refractivity contribution < 1.29 is 23.9 Å². The van der Waals surface area contributed by atoms with Crippen LogP contribution in [0.4, 0.5) is 11.4 Å². The number of ether oxygens (including phenoxy) is 2. The zero-order valence-corrected chi connectivity index (χ0v) is 17.2. The number of hydrogen-bond donors (Lipinski definition) is 2. The van der Waals surface area contributed by atoms with Crippen molar-refractivity contribution in [3.63, 3.8) is 0 Å². The number of ketones is 1. The first-order chi connectivity index (χ1) is 13.8. The standard InChI is InChI=1S/C21H22N2O5S/c1-4-27-19(25)15-9-10-17(20(26)28-5-2)18(12-15)23-21(29)22-16-8-6-7-14(11-16)13(3)24/h6-12H,4-5H2,1-3H3,(H2,22,23,29). The molecule has 7 nitrogen and oxygen atoms in total. The van der Waals surface area contributed by atoms with Crippen LogP contribution in [0.3, 0.4) is 0 Å². The van der Waals surface area contributed by atoms with Gasteiger partial charge in [0.15, 0.2) is 10.9 Å².